The van der Waals surface area contributed by atoms with Gasteiger partial charge in [0, 0.05) is 19.4 Å². The molecule has 1 heterocycles. The predicted octanol–water partition coefficient (Wildman–Crippen LogP) is -0.0803. The molecule has 1 saturated carbocycles. The minimum Gasteiger partial charge on any atom is -0.393 e. The van der Waals surface area contributed by atoms with Crippen molar-refractivity contribution < 1.29 is 14.7 Å². The summed E-state index contributed by atoms with van der Waals surface area (Å²) in [6.45, 7) is 0.572. The molecule has 0 saturated heterocycles. The van der Waals surface area contributed by atoms with Gasteiger partial charge in [-0.15, -0.1) is 0 Å². The maximum Gasteiger partial charge on any atom is 0.267 e. The number of hydrogen-bond acceptors (Lipinski definition) is 4. The normalized spacial score (nSPS) is 28.3. The van der Waals surface area contributed by atoms with Crippen LogP contribution in [0.2, 0.25) is 0 Å². The van der Waals surface area contributed by atoms with Crippen molar-refractivity contribution in [3.05, 3.63) is 0 Å². The van der Waals surface area contributed by atoms with Gasteiger partial charge in [-0.25, -0.2) is 5.43 Å². The van der Waals surface area contributed by atoms with Gasteiger partial charge in [-0.2, -0.15) is 5.10 Å². The Morgan fingerprint density at radius 3 is 2.94 bits per heavy atom. The van der Waals surface area contributed by atoms with Gasteiger partial charge < -0.3 is 10.4 Å². The van der Waals surface area contributed by atoms with Gasteiger partial charge in [0.2, 0.25) is 5.91 Å². The van der Waals surface area contributed by atoms with E-state index in [0.29, 0.717) is 31.0 Å². The van der Waals surface area contributed by atoms with E-state index in [9.17, 15) is 14.7 Å². The minimum atomic E-state index is -0.230. The third kappa shape index (κ3) is 3.53. The van der Waals surface area contributed by atoms with Crippen molar-refractivity contribution in [1.82, 2.24) is 10.7 Å². The highest BCUT2D eigenvalue weighted by Crippen LogP contribution is 2.23. The van der Waals surface area contributed by atoms with Crippen LogP contribution >= 0.6 is 0 Å². The van der Waals surface area contributed by atoms with Crippen molar-refractivity contribution in [2.24, 2.45) is 11.0 Å². The van der Waals surface area contributed by atoms with Crippen molar-refractivity contribution in [3.8, 4) is 0 Å². The van der Waals surface area contributed by atoms with E-state index in [-0.39, 0.29) is 17.9 Å². The summed E-state index contributed by atoms with van der Waals surface area (Å²) in [6.07, 6.45) is 4.15. The van der Waals surface area contributed by atoms with Crippen molar-refractivity contribution in [2.75, 3.05) is 6.54 Å². The van der Waals surface area contributed by atoms with Crippen LogP contribution in [0.3, 0.4) is 0 Å². The fraction of sp³-hybridized carbons (Fsp3) is 0.750. The Kier molecular flexibility index (Phi) is 4.30. The number of nitrogens with zero attached hydrogens (tertiary/aromatic N) is 1. The van der Waals surface area contributed by atoms with E-state index >= 15 is 0 Å². The standard InChI is InChI=1S/C12H19N3O3/c16-9-3-1-2-8(6-9)7-13-12(18)10-4-5-11(17)15-14-10/h8-9,16H,1-7H2,(H,13,18)(H,15,17). The average molecular weight is 253 g/mol. The molecule has 3 N–H and O–H groups in total. The van der Waals surface area contributed by atoms with Gasteiger partial charge in [0.15, 0.2) is 0 Å². The number of carbonyl (C=O) groups is 2. The van der Waals surface area contributed by atoms with E-state index in [4.69, 9.17) is 0 Å². The molecule has 2 amide bonds. The quantitative estimate of drug-likeness (QED) is 0.657. The molecule has 0 aromatic heterocycles. The van der Waals surface area contributed by atoms with Gasteiger partial charge in [0.05, 0.1) is 6.10 Å². The van der Waals surface area contributed by atoms with E-state index in [1.807, 2.05) is 0 Å². The van der Waals surface area contributed by atoms with Gasteiger partial charge in [-0.3, -0.25) is 9.59 Å². The highest BCUT2D eigenvalue weighted by atomic mass is 16.3. The molecule has 1 fully saturated rings. The topological polar surface area (TPSA) is 90.8 Å². The first kappa shape index (κ1) is 13.0. The van der Waals surface area contributed by atoms with Crippen molar-refractivity contribution in [1.29, 1.82) is 0 Å². The summed E-state index contributed by atoms with van der Waals surface area (Å²) in [5.74, 6) is -0.0199. The lowest BCUT2D eigenvalue weighted by atomic mass is 9.87. The molecule has 2 atom stereocenters. The second kappa shape index (κ2) is 5.95. The van der Waals surface area contributed by atoms with E-state index in [2.05, 4.69) is 15.8 Å². The zero-order chi connectivity index (χ0) is 13.0. The Morgan fingerprint density at radius 2 is 2.28 bits per heavy atom. The Bertz CT molecular complexity index is 368. The van der Waals surface area contributed by atoms with Crippen LogP contribution in [-0.4, -0.2) is 35.3 Å². The fourth-order valence-corrected chi connectivity index (χ4v) is 2.42. The molecular formula is C12H19N3O3. The lowest BCUT2D eigenvalue weighted by molar-refractivity contribution is -0.121. The highest BCUT2D eigenvalue weighted by molar-refractivity contribution is 6.39. The molecule has 1 aliphatic carbocycles. The van der Waals surface area contributed by atoms with Crippen molar-refractivity contribution in [3.63, 3.8) is 0 Å². The van der Waals surface area contributed by atoms with Gasteiger partial charge in [0.1, 0.15) is 5.71 Å². The molecule has 2 aliphatic rings. The van der Waals surface area contributed by atoms with Crippen LogP contribution in [-0.2, 0) is 9.59 Å². The van der Waals surface area contributed by atoms with Crippen LogP contribution in [0.25, 0.3) is 0 Å². The van der Waals surface area contributed by atoms with Crippen LogP contribution in [0.15, 0.2) is 5.10 Å². The molecular weight excluding hydrogens is 234 g/mol. The van der Waals surface area contributed by atoms with E-state index in [1.165, 1.54) is 0 Å². The first-order chi connectivity index (χ1) is 8.65. The molecule has 2 rings (SSSR count). The molecule has 0 aromatic carbocycles. The number of hydrogen-bond donors (Lipinski definition) is 3. The third-order valence-corrected chi connectivity index (χ3v) is 3.47. The summed E-state index contributed by atoms with van der Waals surface area (Å²) in [6, 6.07) is 0. The van der Waals surface area contributed by atoms with E-state index < -0.39 is 0 Å². The SMILES string of the molecule is O=C1CCC(C(=O)NCC2CCCC(O)C2)=NN1. The predicted molar refractivity (Wildman–Crippen MR) is 65.8 cm³/mol. The number of rotatable bonds is 3. The molecule has 1 aliphatic heterocycles. The van der Waals surface area contributed by atoms with Crippen LogP contribution in [0.1, 0.15) is 38.5 Å². The second-order valence-electron chi connectivity index (χ2n) is 4.99. The van der Waals surface area contributed by atoms with Gasteiger partial charge in [-0.05, 0) is 25.2 Å². The summed E-state index contributed by atoms with van der Waals surface area (Å²) < 4.78 is 0. The first-order valence-corrected chi connectivity index (χ1v) is 6.47. The highest BCUT2D eigenvalue weighted by Gasteiger charge is 2.22. The average Bonchev–Trinajstić information content (AvgIpc) is 2.37. The summed E-state index contributed by atoms with van der Waals surface area (Å²) in [5, 5.41) is 16.1. The van der Waals surface area contributed by atoms with Gasteiger partial charge in [-0.1, -0.05) is 6.42 Å². The molecule has 6 nitrogen and oxygen atoms in total. The summed E-state index contributed by atoms with van der Waals surface area (Å²) in [7, 11) is 0. The first-order valence-electron chi connectivity index (χ1n) is 6.47. The molecule has 18 heavy (non-hydrogen) atoms. The number of aliphatic hydroxyl groups is 1. The minimum absolute atomic E-state index is 0.151. The van der Waals surface area contributed by atoms with Crippen molar-refractivity contribution >= 4 is 17.5 Å². The van der Waals surface area contributed by atoms with E-state index in [0.717, 1.165) is 25.7 Å². The Hall–Kier alpha value is -1.43. The molecule has 6 heteroatoms. The maximum atomic E-state index is 11.8. The molecule has 0 aromatic rings. The third-order valence-electron chi connectivity index (χ3n) is 3.47. The maximum absolute atomic E-state index is 11.8. The number of amides is 2. The number of hydrazone groups is 1. The zero-order valence-electron chi connectivity index (χ0n) is 10.3. The number of nitrogens with one attached hydrogen (secondary N) is 2. The van der Waals surface area contributed by atoms with Crippen LogP contribution in [0.4, 0.5) is 0 Å². The lowest BCUT2D eigenvalue weighted by Gasteiger charge is -2.26. The smallest absolute Gasteiger partial charge is 0.267 e. The fourth-order valence-electron chi connectivity index (χ4n) is 2.42. The zero-order valence-corrected chi connectivity index (χ0v) is 10.3. The summed E-state index contributed by atoms with van der Waals surface area (Å²) in [4.78, 5) is 22.7. The van der Waals surface area contributed by atoms with Gasteiger partial charge >= 0.3 is 0 Å². The van der Waals surface area contributed by atoms with Crippen LogP contribution in [0, 0.1) is 5.92 Å². The second-order valence-corrected chi connectivity index (χ2v) is 4.99. The summed E-state index contributed by atoms with van der Waals surface area (Å²) >= 11 is 0. The lowest BCUT2D eigenvalue weighted by Crippen LogP contribution is -2.39. The summed E-state index contributed by atoms with van der Waals surface area (Å²) in [5.41, 5.74) is 2.69. The largest absolute Gasteiger partial charge is 0.393 e. The van der Waals surface area contributed by atoms with Crippen LogP contribution < -0.4 is 10.7 Å². The molecule has 2 unspecified atom stereocenters. The number of aliphatic hydroxyl groups excluding tert-OH is 1. The molecule has 0 radical (unpaired) electrons. The number of carbonyl (C=O) groups excluding carboxylic acids is 2. The molecule has 100 valence electrons. The monoisotopic (exact) mass is 253 g/mol. The Labute approximate surface area is 106 Å². The van der Waals surface area contributed by atoms with Crippen molar-refractivity contribution in [2.45, 2.75) is 44.6 Å². The van der Waals surface area contributed by atoms with E-state index in [1.54, 1.807) is 0 Å². The molecule has 0 spiro atoms. The Morgan fingerprint density at radius 1 is 1.44 bits per heavy atom. The van der Waals surface area contributed by atoms with Gasteiger partial charge in [0.25, 0.3) is 5.91 Å². The van der Waals surface area contributed by atoms with Crippen LogP contribution in [0.5, 0.6) is 0 Å². The molecule has 0 bridgehead atoms. The Balaban J connectivity index is 1.76.